The molecule has 0 bridgehead atoms. The van der Waals surface area contributed by atoms with Crippen molar-refractivity contribution in [2.45, 2.75) is 25.7 Å². The van der Waals surface area contributed by atoms with Gasteiger partial charge in [0.05, 0.1) is 0 Å². The van der Waals surface area contributed by atoms with Gasteiger partial charge in [-0.3, -0.25) is 24.3 Å². The van der Waals surface area contributed by atoms with E-state index in [4.69, 9.17) is 0 Å². The zero-order valence-electron chi connectivity index (χ0n) is 13.5. The van der Waals surface area contributed by atoms with Crippen molar-refractivity contribution in [3.63, 3.8) is 0 Å². The Morgan fingerprint density at radius 2 is 0.625 bits per heavy atom. The molecular weight excluding hydrogens is 496 g/mol. The molecule has 0 aromatic heterocycles. The Bertz CT molecular complexity index is 340. The van der Waals surface area contributed by atoms with E-state index in [0.717, 1.165) is 25.7 Å². The largest absolute Gasteiger partial charge is 2.00 e. The van der Waals surface area contributed by atoms with Crippen molar-refractivity contribution in [3.05, 3.63) is 97.2 Å². The molecule has 0 radical (unpaired) electrons. The summed E-state index contributed by atoms with van der Waals surface area (Å²) in [5.41, 5.74) is 0. The molecule has 0 nitrogen and oxygen atoms in total. The minimum Gasteiger partial charge on any atom is -1.00 e. The normalized spacial score (nSPS) is 14.7. The van der Waals surface area contributed by atoms with Crippen LogP contribution in [0.3, 0.4) is 0 Å². The van der Waals surface area contributed by atoms with Gasteiger partial charge in [-0.25, -0.2) is 48.6 Å². The summed E-state index contributed by atoms with van der Waals surface area (Å²) in [5, 5.41) is 0. The van der Waals surface area contributed by atoms with Crippen molar-refractivity contribution < 1.29 is 77.4 Å². The van der Waals surface area contributed by atoms with Crippen molar-refractivity contribution in [1.29, 1.82) is 0 Å². The fourth-order valence-electron chi connectivity index (χ4n) is 1.36. The molecular formula is C20H20Br2Ti2-2. The molecule has 0 amide bonds. The standard InChI is InChI=1S/4C5H5.2BrH.2Ti/c4*1-2-4-5-3-1;;;;/h4*1-3H,4H2;2*1H;;/q4*-1;;;2*+2/p-2. The second kappa shape index (κ2) is 28.1. The second-order valence-electron chi connectivity index (χ2n) is 4.01. The van der Waals surface area contributed by atoms with Crippen LogP contribution >= 0.6 is 0 Å². The third-order valence-corrected chi connectivity index (χ3v) is 2.34. The molecule has 0 aliphatic heterocycles. The molecule has 0 N–H and O–H groups in total. The molecule has 0 saturated heterocycles. The summed E-state index contributed by atoms with van der Waals surface area (Å²) < 4.78 is 0. The van der Waals surface area contributed by atoms with Gasteiger partial charge in [0.25, 0.3) is 0 Å². The monoisotopic (exact) mass is 514 g/mol. The van der Waals surface area contributed by atoms with E-state index in [9.17, 15) is 0 Å². The van der Waals surface area contributed by atoms with E-state index >= 15 is 0 Å². The van der Waals surface area contributed by atoms with E-state index in [2.05, 4.69) is 48.6 Å². The van der Waals surface area contributed by atoms with E-state index in [1.54, 1.807) is 0 Å². The molecule has 4 heteroatoms. The summed E-state index contributed by atoms with van der Waals surface area (Å²) >= 11 is 0. The average Bonchev–Trinajstić information content (AvgIpc) is 3.40. The maximum atomic E-state index is 2.99. The number of hydrogen-bond donors (Lipinski definition) is 0. The van der Waals surface area contributed by atoms with E-state index in [0.29, 0.717) is 0 Å². The first-order chi connectivity index (χ1) is 10.0. The number of rotatable bonds is 0. The third-order valence-electron chi connectivity index (χ3n) is 2.34. The maximum Gasteiger partial charge on any atom is 2.00 e. The van der Waals surface area contributed by atoms with Gasteiger partial charge < -0.3 is 34.0 Å². The first-order valence-electron chi connectivity index (χ1n) is 6.87. The first kappa shape index (κ1) is 32.0. The summed E-state index contributed by atoms with van der Waals surface area (Å²) in [6.07, 6.45) is 40.0. The minimum atomic E-state index is 0. The molecule has 0 spiro atoms. The van der Waals surface area contributed by atoms with Crippen LogP contribution < -0.4 is 34.0 Å². The fraction of sp³-hybridized carbons (Fsp3) is 0.200. The van der Waals surface area contributed by atoms with Crippen LogP contribution in [0.15, 0.2) is 72.9 Å². The SMILES string of the molecule is [Br-].[Br-].[C-]1=CC=CC1.[C-]1=CC=CC1.[C-]1=CC=CC1.[C-]1=CC=CC1.[Ti+2].[Ti+2]. The topological polar surface area (TPSA) is 0 Å². The Morgan fingerprint density at radius 1 is 0.417 bits per heavy atom. The molecule has 4 rings (SSSR count). The molecule has 4 aliphatic carbocycles. The predicted molar refractivity (Wildman–Crippen MR) is 86.3 cm³/mol. The van der Waals surface area contributed by atoms with E-state index in [1.165, 1.54) is 0 Å². The van der Waals surface area contributed by atoms with Crippen LogP contribution in [0.25, 0.3) is 0 Å². The third kappa shape index (κ3) is 24.6. The summed E-state index contributed by atoms with van der Waals surface area (Å²) in [7, 11) is 0. The van der Waals surface area contributed by atoms with Crippen LogP contribution in [-0.2, 0) is 43.4 Å². The Balaban J connectivity index is -0.000000105. The fourth-order valence-corrected chi connectivity index (χ4v) is 1.36. The van der Waals surface area contributed by atoms with Crippen molar-refractivity contribution in [2.24, 2.45) is 0 Å². The van der Waals surface area contributed by atoms with Crippen LogP contribution in [0.5, 0.6) is 0 Å². The van der Waals surface area contributed by atoms with Gasteiger partial charge in [-0.2, -0.15) is 24.3 Å². The van der Waals surface area contributed by atoms with Crippen LogP contribution in [0, 0.1) is 24.3 Å². The van der Waals surface area contributed by atoms with Gasteiger partial charge >= 0.3 is 43.4 Å². The van der Waals surface area contributed by atoms with Gasteiger partial charge in [0, 0.05) is 0 Å². The van der Waals surface area contributed by atoms with Crippen LogP contribution in [0.2, 0.25) is 0 Å². The summed E-state index contributed by atoms with van der Waals surface area (Å²) in [5.74, 6) is 0. The van der Waals surface area contributed by atoms with Crippen LogP contribution in [0.4, 0.5) is 0 Å². The molecule has 0 aromatic carbocycles. The van der Waals surface area contributed by atoms with Crippen molar-refractivity contribution in [2.75, 3.05) is 0 Å². The zero-order chi connectivity index (χ0) is 14.1. The predicted octanol–water partition coefficient (Wildman–Crippen LogP) is -0.774. The molecule has 0 heterocycles. The van der Waals surface area contributed by atoms with Crippen LogP contribution in [-0.4, -0.2) is 0 Å². The van der Waals surface area contributed by atoms with E-state index in [-0.39, 0.29) is 77.4 Å². The Hall–Kier alpha value is 0.309. The molecule has 124 valence electrons. The van der Waals surface area contributed by atoms with Gasteiger partial charge in [0.1, 0.15) is 0 Å². The molecule has 24 heavy (non-hydrogen) atoms. The molecule has 0 fully saturated rings. The van der Waals surface area contributed by atoms with E-state index in [1.807, 2.05) is 48.6 Å². The first-order valence-corrected chi connectivity index (χ1v) is 6.87. The number of halogens is 2. The van der Waals surface area contributed by atoms with Gasteiger partial charge in [-0.15, -0.1) is 25.7 Å². The van der Waals surface area contributed by atoms with Crippen molar-refractivity contribution in [3.8, 4) is 0 Å². The van der Waals surface area contributed by atoms with Gasteiger partial charge in [0.15, 0.2) is 0 Å². The van der Waals surface area contributed by atoms with Crippen molar-refractivity contribution in [1.82, 2.24) is 0 Å². The Labute approximate surface area is 198 Å². The van der Waals surface area contributed by atoms with Gasteiger partial charge in [-0.05, 0) is 0 Å². The Kier molecular flexibility index (Phi) is 37.5. The molecule has 0 saturated carbocycles. The summed E-state index contributed by atoms with van der Waals surface area (Å²) in [4.78, 5) is 0. The van der Waals surface area contributed by atoms with Crippen molar-refractivity contribution >= 4 is 0 Å². The quantitative estimate of drug-likeness (QED) is 0.294. The van der Waals surface area contributed by atoms with Gasteiger partial charge in [0.2, 0.25) is 0 Å². The molecule has 0 atom stereocenters. The summed E-state index contributed by atoms with van der Waals surface area (Å²) in [6.45, 7) is 0. The Morgan fingerprint density at radius 3 is 0.667 bits per heavy atom. The number of allylic oxidation sites excluding steroid dienone is 16. The number of hydrogen-bond acceptors (Lipinski definition) is 0. The summed E-state index contributed by atoms with van der Waals surface area (Å²) in [6, 6.07) is 0. The minimum absolute atomic E-state index is 0. The molecule has 0 aromatic rings. The maximum absolute atomic E-state index is 2.99. The second-order valence-corrected chi connectivity index (χ2v) is 4.01. The molecule has 4 aliphatic rings. The van der Waals surface area contributed by atoms with Crippen LogP contribution in [0.1, 0.15) is 25.7 Å². The average molecular weight is 516 g/mol. The zero-order valence-corrected chi connectivity index (χ0v) is 19.8. The van der Waals surface area contributed by atoms with Gasteiger partial charge in [-0.1, -0.05) is 0 Å². The smallest absolute Gasteiger partial charge is 1.00 e. The van der Waals surface area contributed by atoms with E-state index < -0.39 is 0 Å². The molecule has 0 unspecified atom stereocenters.